The molecule has 0 saturated heterocycles. The van der Waals surface area contributed by atoms with E-state index in [0.29, 0.717) is 22.6 Å². The van der Waals surface area contributed by atoms with E-state index in [1.54, 1.807) is 36.4 Å². The summed E-state index contributed by atoms with van der Waals surface area (Å²) in [6.45, 7) is 0. The van der Waals surface area contributed by atoms with Crippen LogP contribution in [-0.4, -0.2) is 14.3 Å². The van der Waals surface area contributed by atoms with Gasteiger partial charge in [0.05, 0.1) is 17.1 Å². The molecule has 0 bridgehead atoms. The van der Waals surface area contributed by atoms with Gasteiger partial charge in [0.25, 0.3) is 15.9 Å². The third kappa shape index (κ3) is 4.18. The van der Waals surface area contributed by atoms with Gasteiger partial charge >= 0.3 is 0 Å². The molecular weight excluding hydrogens is 364 g/mol. The second-order valence-corrected chi connectivity index (χ2v) is 7.41. The third-order valence-electron chi connectivity index (χ3n) is 3.82. The lowest BCUT2D eigenvalue weighted by atomic mass is 10.2. The zero-order valence-electron chi connectivity index (χ0n) is 14.2. The van der Waals surface area contributed by atoms with Gasteiger partial charge in [0.15, 0.2) is 0 Å². The molecule has 0 spiro atoms. The van der Waals surface area contributed by atoms with Gasteiger partial charge in [-0.25, -0.2) is 8.42 Å². The van der Waals surface area contributed by atoms with Crippen LogP contribution in [0.25, 0.3) is 0 Å². The van der Waals surface area contributed by atoms with Crippen molar-refractivity contribution in [1.29, 1.82) is 0 Å². The van der Waals surface area contributed by atoms with Gasteiger partial charge in [-0.1, -0.05) is 24.3 Å². The van der Waals surface area contributed by atoms with Crippen molar-refractivity contribution in [3.63, 3.8) is 0 Å². The molecule has 0 aliphatic rings. The zero-order chi connectivity index (χ0) is 19.4. The molecule has 0 aromatic heterocycles. The Hall–Kier alpha value is -3.52. The molecule has 0 heterocycles. The van der Waals surface area contributed by atoms with Crippen LogP contribution in [0.2, 0.25) is 0 Å². The summed E-state index contributed by atoms with van der Waals surface area (Å²) < 4.78 is 27.3. The van der Waals surface area contributed by atoms with E-state index >= 15 is 0 Å². The SMILES string of the molecule is Nc1ccccc1NC(=O)c1ccc(NS(=O)(=O)c2ccccc2N)cc1. The number of nitrogens with one attached hydrogen (secondary N) is 2. The molecule has 0 aliphatic heterocycles. The first-order chi connectivity index (χ1) is 12.9. The van der Waals surface area contributed by atoms with Gasteiger partial charge in [0, 0.05) is 11.3 Å². The molecule has 0 atom stereocenters. The summed E-state index contributed by atoms with van der Waals surface area (Å²) in [6.07, 6.45) is 0. The standard InChI is InChI=1S/C19H18N4O3S/c20-15-5-1-3-7-17(15)22-19(24)13-9-11-14(12-10-13)23-27(25,26)18-8-4-2-6-16(18)21/h1-12,23H,20-21H2,(H,22,24). The van der Waals surface area contributed by atoms with Crippen molar-refractivity contribution in [2.75, 3.05) is 21.5 Å². The summed E-state index contributed by atoms with van der Waals surface area (Å²) in [5.41, 5.74) is 13.3. The minimum atomic E-state index is -3.82. The Bertz CT molecular complexity index is 1080. The van der Waals surface area contributed by atoms with Crippen LogP contribution in [0.5, 0.6) is 0 Å². The molecule has 3 aromatic carbocycles. The highest BCUT2D eigenvalue weighted by Gasteiger charge is 2.17. The number of hydrogen-bond acceptors (Lipinski definition) is 5. The molecule has 0 radical (unpaired) electrons. The van der Waals surface area contributed by atoms with Crippen LogP contribution in [0.15, 0.2) is 77.7 Å². The Morgan fingerprint density at radius 1 is 0.778 bits per heavy atom. The highest BCUT2D eigenvalue weighted by Crippen LogP contribution is 2.22. The summed E-state index contributed by atoms with van der Waals surface area (Å²) >= 11 is 0. The second-order valence-electron chi connectivity index (χ2n) is 5.76. The highest BCUT2D eigenvalue weighted by atomic mass is 32.2. The van der Waals surface area contributed by atoms with E-state index in [1.165, 1.54) is 36.4 Å². The Morgan fingerprint density at radius 2 is 1.37 bits per heavy atom. The first-order valence-corrected chi connectivity index (χ1v) is 9.48. The normalized spacial score (nSPS) is 11.0. The van der Waals surface area contributed by atoms with Crippen molar-refractivity contribution in [3.8, 4) is 0 Å². The fourth-order valence-electron chi connectivity index (χ4n) is 2.43. The van der Waals surface area contributed by atoms with Crippen molar-refractivity contribution in [2.24, 2.45) is 0 Å². The summed E-state index contributed by atoms with van der Waals surface area (Å²) in [7, 11) is -3.82. The number of rotatable bonds is 5. The summed E-state index contributed by atoms with van der Waals surface area (Å²) in [4.78, 5) is 12.3. The van der Waals surface area contributed by atoms with E-state index in [0.717, 1.165) is 0 Å². The summed E-state index contributed by atoms with van der Waals surface area (Å²) in [5.74, 6) is -0.352. The van der Waals surface area contributed by atoms with Crippen molar-refractivity contribution < 1.29 is 13.2 Å². The van der Waals surface area contributed by atoms with Gasteiger partial charge in [0.2, 0.25) is 0 Å². The maximum Gasteiger partial charge on any atom is 0.263 e. The van der Waals surface area contributed by atoms with E-state index < -0.39 is 10.0 Å². The maximum atomic E-state index is 12.4. The average Bonchev–Trinajstić information content (AvgIpc) is 2.64. The van der Waals surface area contributed by atoms with Crippen LogP contribution < -0.4 is 21.5 Å². The van der Waals surface area contributed by atoms with Crippen molar-refractivity contribution in [3.05, 3.63) is 78.4 Å². The van der Waals surface area contributed by atoms with Crippen LogP contribution in [0.3, 0.4) is 0 Å². The van der Waals surface area contributed by atoms with Gasteiger partial charge in [-0.15, -0.1) is 0 Å². The number of sulfonamides is 1. The zero-order valence-corrected chi connectivity index (χ0v) is 15.0. The number of para-hydroxylation sites is 3. The fraction of sp³-hybridized carbons (Fsp3) is 0. The van der Waals surface area contributed by atoms with Gasteiger partial charge in [-0.2, -0.15) is 0 Å². The number of carbonyl (C=O) groups excluding carboxylic acids is 1. The minimum Gasteiger partial charge on any atom is -0.398 e. The van der Waals surface area contributed by atoms with Crippen molar-refractivity contribution >= 4 is 38.7 Å². The Balaban J connectivity index is 1.75. The minimum absolute atomic E-state index is 0.00799. The van der Waals surface area contributed by atoms with Crippen LogP contribution in [0.1, 0.15) is 10.4 Å². The molecule has 8 heteroatoms. The number of amides is 1. The molecule has 0 aliphatic carbocycles. The van der Waals surface area contributed by atoms with Crippen LogP contribution in [-0.2, 0) is 10.0 Å². The average molecular weight is 382 g/mol. The van der Waals surface area contributed by atoms with Gasteiger partial charge < -0.3 is 16.8 Å². The second kappa shape index (κ2) is 7.38. The van der Waals surface area contributed by atoms with Crippen LogP contribution in [0, 0.1) is 0 Å². The number of carbonyl (C=O) groups is 1. The first kappa shape index (κ1) is 18.3. The van der Waals surface area contributed by atoms with E-state index in [2.05, 4.69) is 10.0 Å². The Labute approximate surface area is 157 Å². The number of nitrogen functional groups attached to an aromatic ring is 2. The first-order valence-electron chi connectivity index (χ1n) is 8.00. The highest BCUT2D eigenvalue weighted by molar-refractivity contribution is 7.92. The lowest BCUT2D eigenvalue weighted by Crippen LogP contribution is -2.15. The van der Waals surface area contributed by atoms with Gasteiger partial charge in [0.1, 0.15) is 4.90 Å². The summed E-state index contributed by atoms with van der Waals surface area (Å²) in [5, 5.41) is 2.71. The fourth-order valence-corrected chi connectivity index (χ4v) is 3.62. The molecule has 1 amide bonds. The van der Waals surface area contributed by atoms with Crippen LogP contribution >= 0.6 is 0 Å². The molecule has 3 aromatic rings. The number of anilines is 4. The Morgan fingerprint density at radius 3 is 2.00 bits per heavy atom. The molecule has 138 valence electrons. The van der Waals surface area contributed by atoms with Gasteiger partial charge in [-0.05, 0) is 48.5 Å². The smallest absolute Gasteiger partial charge is 0.263 e. The largest absolute Gasteiger partial charge is 0.398 e. The molecule has 0 unspecified atom stereocenters. The summed E-state index contributed by atoms with van der Waals surface area (Å²) in [6, 6.07) is 19.1. The monoisotopic (exact) mass is 382 g/mol. The van der Waals surface area contributed by atoms with E-state index in [1.807, 2.05) is 0 Å². The maximum absolute atomic E-state index is 12.4. The Kier molecular flexibility index (Phi) is 5.00. The molecule has 0 fully saturated rings. The molecular formula is C19H18N4O3S. The van der Waals surface area contributed by atoms with Crippen molar-refractivity contribution in [2.45, 2.75) is 4.90 Å². The molecule has 27 heavy (non-hydrogen) atoms. The topological polar surface area (TPSA) is 127 Å². The van der Waals surface area contributed by atoms with Gasteiger partial charge in [-0.3, -0.25) is 9.52 Å². The van der Waals surface area contributed by atoms with E-state index in [-0.39, 0.29) is 16.5 Å². The number of nitrogens with two attached hydrogens (primary N) is 2. The van der Waals surface area contributed by atoms with E-state index in [9.17, 15) is 13.2 Å². The molecule has 3 rings (SSSR count). The quantitative estimate of drug-likeness (QED) is 0.505. The lowest BCUT2D eigenvalue weighted by Gasteiger charge is -2.11. The lowest BCUT2D eigenvalue weighted by molar-refractivity contribution is 0.102. The number of hydrogen-bond donors (Lipinski definition) is 4. The molecule has 0 saturated carbocycles. The third-order valence-corrected chi connectivity index (χ3v) is 5.27. The molecule has 6 N–H and O–H groups in total. The van der Waals surface area contributed by atoms with Crippen LogP contribution in [0.4, 0.5) is 22.7 Å². The van der Waals surface area contributed by atoms with Crippen molar-refractivity contribution in [1.82, 2.24) is 0 Å². The number of benzene rings is 3. The predicted octanol–water partition coefficient (Wildman–Crippen LogP) is 2.90. The molecule has 7 nitrogen and oxygen atoms in total. The van der Waals surface area contributed by atoms with E-state index in [4.69, 9.17) is 11.5 Å². The predicted molar refractivity (Wildman–Crippen MR) is 107 cm³/mol.